The molecule has 1 saturated carbocycles. The van der Waals surface area contributed by atoms with Crippen LogP contribution in [0.3, 0.4) is 0 Å². The average Bonchev–Trinajstić information content (AvgIpc) is 3.13. The van der Waals surface area contributed by atoms with Crippen LogP contribution in [0.4, 0.5) is 4.79 Å². The van der Waals surface area contributed by atoms with Crippen LogP contribution in [0.15, 0.2) is 22.8 Å². The molecule has 1 aliphatic heterocycles. The molecule has 0 aromatic carbocycles. The number of amides is 4. The van der Waals surface area contributed by atoms with Gasteiger partial charge in [0.05, 0.1) is 24.6 Å². The molecule has 7 nitrogen and oxygen atoms in total. The van der Waals surface area contributed by atoms with E-state index in [2.05, 4.69) is 10.6 Å². The first-order chi connectivity index (χ1) is 11.1. The van der Waals surface area contributed by atoms with Gasteiger partial charge in [0.15, 0.2) is 0 Å². The number of hydrogen-bond donors (Lipinski definition) is 2. The van der Waals surface area contributed by atoms with Crippen molar-refractivity contribution < 1.29 is 18.8 Å². The number of carbonyl (C=O) groups excluding carboxylic acids is 3. The summed E-state index contributed by atoms with van der Waals surface area (Å²) in [6.45, 7) is 1.90. The van der Waals surface area contributed by atoms with Gasteiger partial charge in [-0.25, -0.2) is 4.79 Å². The van der Waals surface area contributed by atoms with E-state index in [-0.39, 0.29) is 30.2 Å². The third kappa shape index (κ3) is 3.09. The zero-order valence-electron chi connectivity index (χ0n) is 13.1. The number of carbonyl (C=O) groups is 3. The molecule has 0 spiro atoms. The molecule has 1 aromatic heterocycles. The van der Waals surface area contributed by atoms with Crippen LogP contribution in [-0.4, -0.2) is 28.9 Å². The first-order valence-corrected chi connectivity index (χ1v) is 8.01. The fraction of sp³-hybridized carbons (Fsp3) is 0.562. The van der Waals surface area contributed by atoms with Crippen LogP contribution in [0, 0.1) is 11.8 Å². The third-order valence-electron chi connectivity index (χ3n) is 4.61. The SMILES string of the molecule is C[C@@H](NC(=O)NCc1ccco1)N1C(=O)[C@H]2CCCC[C@@H]2C1=O. The standard InChI is InChI=1S/C16H21N3O4/c1-10(18-16(22)17-9-11-5-4-8-23-11)19-14(20)12-6-2-3-7-13(12)15(19)21/h4-5,8,10,12-13H,2-3,6-7,9H2,1H3,(H2,17,18,22)/t10-,12-,13-/m0/s1. The molecule has 0 unspecified atom stereocenters. The minimum atomic E-state index is -0.655. The lowest BCUT2D eigenvalue weighted by molar-refractivity contribution is -0.142. The second kappa shape index (κ2) is 6.44. The van der Waals surface area contributed by atoms with Gasteiger partial charge in [-0.05, 0) is 31.9 Å². The number of furan rings is 1. The number of urea groups is 1. The molecule has 2 N–H and O–H groups in total. The lowest BCUT2D eigenvalue weighted by Gasteiger charge is -2.24. The molecular formula is C16H21N3O4. The van der Waals surface area contributed by atoms with Gasteiger partial charge >= 0.3 is 6.03 Å². The molecular weight excluding hydrogens is 298 g/mol. The summed E-state index contributed by atoms with van der Waals surface area (Å²) >= 11 is 0. The van der Waals surface area contributed by atoms with Crippen LogP contribution in [0.2, 0.25) is 0 Å². The van der Waals surface area contributed by atoms with Crippen LogP contribution in [0.1, 0.15) is 38.4 Å². The monoisotopic (exact) mass is 319 g/mol. The number of nitrogens with zero attached hydrogens (tertiary/aromatic N) is 1. The van der Waals surface area contributed by atoms with Crippen LogP contribution < -0.4 is 10.6 Å². The summed E-state index contributed by atoms with van der Waals surface area (Å²) in [5.41, 5.74) is 0. The van der Waals surface area contributed by atoms with Crippen molar-refractivity contribution in [3.05, 3.63) is 24.2 Å². The third-order valence-corrected chi connectivity index (χ3v) is 4.61. The molecule has 0 radical (unpaired) electrons. The topological polar surface area (TPSA) is 91.7 Å². The summed E-state index contributed by atoms with van der Waals surface area (Å²) in [7, 11) is 0. The normalized spacial score (nSPS) is 25.2. The molecule has 2 fully saturated rings. The smallest absolute Gasteiger partial charge is 0.316 e. The van der Waals surface area contributed by atoms with Crippen LogP contribution >= 0.6 is 0 Å². The summed E-state index contributed by atoms with van der Waals surface area (Å²) in [5, 5.41) is 5.29. The van der Waals surface area contributed by atoms with Gasteiger partial charge < -0.3 is 15.1 Å². The number of hydrogen-bond acceptors (Lipinski definition) is 4. The van der Waals surface area contributed by atoms with E-state index in [1.165, 1.54) is 11.2 Å². The van der Waals surface area contributed by atoms with Crippen molar-refractivity contribution in [1.29, 1.82) is 0 Å². The number of nitrogens with one attached hydrogen (secondary N) is 2. The first kappa shape index (κ1) is 15.6. The highest BCUT2D eigenvalue weighted by Gasteiger charge is 2.49. The maximum absolute atomic E-state index is 12.4. The lowest BCUT2D eigenvalue weighted by Crippen LogP contribution is -2.52. The molecule has 4 amide bonds. The molecule has 3 rings (SSSR count). The van der Waals surface area contributed by atoms with Crippen LogP contribution in [0.5, 0.6) is 0 Å². The fourth-order valence-electron chi connectivity index (χ4n) is 3.46. The van der Waals surface area contributed by atoms with E-state index >= 15 is 0 Å². The molecule has 2 aliphatic rings. The van der Waals surface area contributed by atoms with E-state index in [9.17, 15) is 14.4 Å². The van der Waals surface area contributed by atoms with Crippen molar-refractivity contribution in [3.63, 3.8) is 0 Å². The molecule has 1 aliphatic carbocycles. The van der Waals surface area contributed by atoms with Crippen molar-refractivity contribution in [1.82, 2.24) is 15.5 Å². The summed E-state index contributed by atoms with van der Waals surface area (Å²) in [4.78, 5) is 38.0. The Morgan fingerprint density at radius 3 is 2.52 bits per heavy atom. The largest absolute Gasteiger partial charge is 0.467 e. The number of imide groups is 1. The van der Waals surface area contributed by atoms with Crippen molar-refractivity contribution >= 4 is 17.8 Å². The highest BCUT2D eigenvalue weighted by molar-refractivity contribution is 6.05. The number of rotatable bonds is 4. The van der Waals surface area contributed by atoms with Crippen molar-refractivity contribution in [2.75, 3.05) is 0 Å². The van der Waals surface area contributed by atoms with Crippen LogP contribution in [0.25, 0.3) is 0 Å². The van der Waals surface area contributed by atoms with E-state index < -0.39 is 12.2 Å². The van der Waals surface area contributed by atoms with E-state index in [0.29, 0.717) is 5.76 Å². The Labute approximate surface area is 134 Å². The predicted molar refractivity (Wildman–Crippen MR) is 80.8 cm³/mol. The van der Waals surface area contributed by atoms with Gasteiger partial charge in [0, 0.05) is 0 Å². The minimum absolute atomic E-state index is 0.154. The number of fused-ring (bicyclic) bond motifs is 1. The second-order valence-electron chi connectivity index (χ2n) is 6.13. The molecule has 1 aromatic rings. The molecule has 1 saturated heterocycles. The minimum Gasteiger partial charge on any atom is -0.467 e. The van der Waals surface area contributed by atoms with Crippen molar-refractivity contribution in [3.8, 4) is 0 Å². The Hall–Kier alpha value is -2.31. The molecule has 23 heavy (non-hydrogen) atoms. The molecule has 3 atom stereocenters. The zero-order valence-corrected chi connectivity index (χ0v) is 13.1. The van der Waals surface area contributed by atoms with Gasteiger partial charge in [-0.2, -0.15) is 0 Å². The van der Waals surface area contributed by atoms with Crippen molar-refractivity contribution in [2.24, 2.45) is 11.8 Å². The predicted octanol–water partition coefficient (Wildman–Crippen LogP) is 1.60. The van der Waals surface area contributed by atoms with Crippen LogP contribution in [-0.2, 0) is 16.1 Å². The Morgan fingerprint density at radius 1 is 1.30 bits per heavy atom. The van der Waals surface area contributed by atoms with Gasteiger partial charge in [0.1, 0.15) is 11.9 Å². The Kier molecular flexibility index (Phi) is 4.36. The van der Waals surface area contributed by atoms with Gasteiger partial charge in [-0.3, -0.25) is 14.5 Å². The molecule has 2 heterocycles. The quantitative estimate of drug-likeness (QED) is 0.825. The van der Waals surface area contributed by atoms with Crippen molar-refractivity contribution in [2.45, 2.75) is 45.3 Å². The summed E-state index contributed by atoms with van der Waals surface area (Å²) in [6.07, 6.45) is 4.38. The Balaban J connectivity index is 1.57. The van der Waals surface area contributed by atoms with E-state index in [0.717, 1.165) is 25.7 Å². The highest BCUT2D eigenvalue weighted by atomic mass is 16.3. The number of likely N-dealkylation sites (tertiary alicyclic amines) is 1. The summed E-state index contributed by atoms with van der Waals surface area (Å²) < 4.78 is 5.13. The van der Waals surface area contributed by atoms with Gasteiger partial charge in [0.25, 0.3) is 0 Å². The fourth-order valence-corrected chi connectivity index (χ4v) is 3.46. The summed E-state index contributed by atoms with van der Waals surface area (Å²) in [5.74, 6) is -0.0809. The van der Waals surface area contributed by atoms with Gasteiger partial charge in [-0.1, -0.05) is 12.8 Å². The molecule has 0 bridgehead atoms. The first-order valence-electron chi connectivity index (χ1n) is 8.01. The summed E-state index contributed by atoms with van der Waals surface area (Å²) in [6, 6.07) is 3.05. The van der Waals surface area contributed by atoms with E-state index in [1.807, 2.05) is 0 Å². The molecule has 7 heteroatoms. The average molecular weight is 319 g/mol. The maximum Gasteiger partial charge on any atom is 0.316 e. The van der Waals surface area contributed by atoms with Gasteiger partial charge in [-0.15, -0.1) is 0 Å². The zero-order chi connectivity index (χ0) is 16.4. The Bertz CT molecular complexity index is 574. The Morgan fingerprint density at radius 2 is 1.96 bits per heavy atom. The second-order valence-corrected chi connectivity index (χ2v) is 6.13. The highest BCUT2D eigenvalue weighted by Crippen LogP contribution is 2.38. The lowest BCUT2D eigenvalue weighted by atomic mass is 9.81. The molecule has 124 valence electrons. The van der Waals surface area contributed by atoms with E-state index in [1.54, 1.807) is 19.1 Å². The van der Waals surface area contributed by atoms with Gasteiger partial charge in [0.2, 0.25) is 11.8 Å². The van der Waals surface area contributed by atoms with E-state index in [4.69, 9.17) is 4.42 Å². The maximum atomic E-state index is 12.4.